The van der Waals surface area contributed by atoms with Crippen molar-refractivity contribution in [2.45, 2.75) is 26.7 Å². The molecule has 1 rings (SSSR count). The van der Waals surface area contributed by atoms with E-state index in [0.717, 1.165) is 37.3 Å². The standard InChI is InChI=1S/C13H23N3O/c1-3-11(5-6-17)8-16-13-7-12(15-4-2)9-14-10-13/h7,9-11,15-17H,3-6,8H2,1-2H3. The van der Waals surface area contributed by atoms with Crippen LogP contribution in [0, 0.1) is 5.92 Å². The van der Waals surface area contributed by atoms with Gasteiger partial charge in [0.1, 0.15) is 0 Å². The van der Waals surface area contributed by atoms with Crippen LogP contribution in [0.25, 0.3) is 0 Å². The summed E-state index contributed by atoms with van der Waals surface area (Å²) in [6.07, 6.45) is 5.57. The molecular weight excluding hydrogens is 214 g/mol. The highest BCUT2D eigenvalue weighted by Gasteiger charge is 2.05. The monoisotopic (exact) mass is 237 g/mol. The number of hydrogen-bond donors (Lipinski definition) is 3. The first-order valence-corrected chi connectivity index (χ1v) is 6.33. The molecule has 0 aliphatic heterocycles. The van der Waals surface area contributed by atoms with E-state index in [9.17, 15) is 0 Å². The van der Waals surface area contributed by atoms with Crippen molar-refractivity contribution in [2.75, 3.05) is 30.3 Å². The van der Waals surface area contributed by atoms with Crippen molar-refractivity contribution >= 4 is 11.4 Å². The largest absolute Gasteiger partial charge is 0.396 e. The van der Waals surface area contributed by atoms with Gasteiger partial charge in [-0.3, -0.25) is 4.98 Å². The number of aromatic nitrogens is 1. The lowest BCUT2D eigenvalue weighted by Gasteiger charge is -2.15. The Hall–Kier alpha value is -1.29. The lowest BCUT2D eigenvalue weighted by atomic mass is 10.0. The Bertz CT molecular complexity index is 317. The van der Waals surface area contributed by atoms with Crippen LogP contribution in [0.1, 0.15) is 26.7 Å². The van der Waals surface area contributed by atoms with E-state index in [-0.39, 0.29) is 6.61 Å². The molecule has 0 saturated heterocycles. The highest BCUT2D eigenvalue weighted by molar-refractivity contribution is 5.53. The Labute approximate surface area is 103 Å². The van der Waals surface area contributed by atoms with Crippen LogP contribution in [0.4, 0.5) is 11.4 Å². The van der Waals surface area contributed by atoms with E-state index >= 15 is 0 Å². The number of nitrogens with one attached hydrogen (secondary N) is 2. The van der Waals surface area contributed by atoms with Gasteiger partial charge in [0.15, 0.2) is 0 Å². The number of hydrogen-bond acceptors (Lipinski definition) is 4. The normalized spacial score (nSPS) is 12.2. The lowest BCUT2D eigenvalue weighted by Crippen LogP contribution is -2.15. The molecule has 0 bridgehead atoms. The number of aliphatic hydroxyl groups is 1. The van der Waals surface area contributed by atoms with E-state index in [1.807, 2.05) is 12.4 Å². The molecule has 4 nitrogen and oxygen atoms in total. The Kier molecular flexibility index (Phi) is 6.40. The zero-order valence-corrected chi connectivity index (χ0v) is 10.7. The second-order valence-corrected chi connectivity index (χ2v) is 4.16. The molecule has 0 aromatic carbocycles. The zero-order chi connectivity index (χ0) is 12.5. The van der Waals surface area contributed by atoms with Gasteiger partial charge in [0.25, 0.3) is 0 Å². The third kappa shape index (κ3) is 5.04. The third-order valence-electron chi connectivity index (χ3n) is 2.83. The molecule has 0 aliphatic carbocycles. The predicted molar refractivity (Wildman–Crippen MR) is 72.4 cm³/mol. The van der Waals surface area contributed by atoms with Crippen molar-refractivity contribution in [3.8, 4) is 0 Å². The second-order valence-electron chi connectivity index (χ2n) is 4.16. The van der Waals surface area contributed by atoms with Crippen LogP contribution >= 0.6 is 0 Å². The molecule has 0 fully saturated rings. The number of nitrogens with zero attached hydrogens (tertiary/aromatic N) is 1. The van der Waals surface area contributed by atoms with Gasteiger partial charge in [-0.05, 0) is 25.3 Å². The first-order valence-electron chi connectivity index (χ1n) is 6.33. The Balaban J connectivity index is 2.47. The summed E-state index contributed by atoms with van der Waals surface area (Å²) >= 11 is 0. The van der Waals surface area contributed by atoms with Crippen LogP contribution in [0.3, 0.4) is 0 Å². The molecule has 1 heterocycles. The van der Waals surface area contributed by atoms with Crippen molar-refractivity contribution in [1.82, 2.24) is 4.98 Å². The fourth-order valence-electron chi connectivity index (χ4n) is 1.73. The van der Waals surface area contributed by atoms with E-state index in [4.69, 9.17) is 5.11 Å². The summed E-state index contributed by atoms with van der Waals surface area (Å²) in [5.41, 5.74) is 2.06. The van der Waals surface area contributed by atoms with Gasteiger partial charge in [0, 0.05) is 19.7 Å². The molecule has 0 spiro atoms. The first-order chi connectivity index (χ1) is 8.30. The second kappa shape index (κ2) is 7.90. The van der Waals surface area contributed by atoms with Gasteiger partial charge in [-0.1, -0.05) is 13.3 Å². The predicted octanol–water partition coefficient (Wildman–Crippen LogP) is 2.33. The smallest absolute Gasteiger partial charge is 0.0547 e. The Morgan fingerprint density at radius 2 is 1.94 bits per heavy atom. The quantitative estimate of drug-likeness (QED) is 0.649. The highest BCUT2D eigenvalue weighted by Crippen LogP contribution is 2.14. The molecule has 1 aromatic rings. The van der Waals surface area contributed by atoms with E-state index in [2.05, 4.69) is 35.5 Å². The van der Waals surface area contributed by atoms with Crippen LogP contribution in [-0.2, 0) is 0 Å². The summed E-state index contributed by atoms with van der Waals surface area (Å²) in [6.45, 7) is 6.25. The Morgan fingerprint density at radius 3 is 2.53 bits per heavy atom. The van der Waals surface area contributed by atoms with Crippen molar-refractivity contribution in [2.24, 2.45) is 5.92 Å². The Morgan fingerprint density at radius 1 is 1.24 bits per heavy atom. The maximum atomic E-state index is 8.93. The molecule has 0 saturated carbocycles. The van der Waals surface area contributed by atoms with Crippen LogP contribution in [0.2, 0.25) is 0 Å². The minimum atomic E-state index is 0.260. The fraction of sp³-hybridized carbons (Fsp3) is 0.615. The minimum Gasteiger partial charge on any atom is -0.396 e. The molecule has 96 valence electrons. The van der Waals surface area contributed by atoms with Crippen molar-refractivity contribution in [3.05, 3.63) is 18.5 Å². The average molecular weight is 237 g/mol. The van der Waals surface area contributed by atoms with E-state index in [1.165, 1.54) is 0 Å². The van der Waals surface area contributed by atoms with Crippen LogP contribution in [-0.4, -0.2) is 29.8 Å². The molecule has 17 heavy (non-hydrogen) atoms. The molecule has 0 radical (unpaired) electrons. The van der Waals surface area contributed by atoms with Gasteiger partial charge in [-0.15, -0.1) is 0 Å². The van der Waals surface area contributed by atoms with E-state index in [0.29, 0.717) is 5.92 Å². The molecule has 3 N–H and O–H groups in total. The van der Waals surface area contributed by atoms with Gasteiger partial charge in [0.05, 0.1) is 23.8 Å². The molecule has 4 heteroatoms. The molecule has 0 aliphatic rings. The van der Waals surface area contributed by atoms with E-state index < -0.39 is 0 Å². The summed E-state index contributed by atoms with van der Waals surface area (Å²) in [5.74, 6) is 0.516. The molecular formula is C13H23N3O. The number of pyridine rings is 1. The van der Waals surface area contributed by atoms with Crippen LogP contribution < -0.4 is 10.6 Å². The van der Waals surface area contributed by atoms with Crippen LogP contribution in [0.5, 0.6) is 0 Å². The summed E-state index contributed by atoms with van der Waals surface area (Å²) in [6, 6.07) is 2.06. The topological polar surface area (TPSA) is 57.2 Å². The summed E-state index contributed by atoms with van der Waals surface area (Å²) in [7, 11) is 0. The van der Waals surface area contributed by atoms with Crippen molar-refractivity contribution < 1.29 is 5.11 Å². The fourth-order valence-corrected chi connectivity index (χ4v) is 1.73. The number of anilines is 2. The zero-order valence-electron chi connectivity index (χ0n) is 10.7. The minimum absolute atomic E-state index is 0.260. The SMILES string of the molecule is CCNc1cncc(NCC(CC)CCO)c1. The maximum absolute atomic E-state index is 8.93. The number of rotatable bonds is 8. The van der Waals surface area contributed by atoms with Gasteiger partial charge in [-0.2, -0.15) is 0 Å². The molecule has 1 aromatic heterocycles. The first kappa shape index (κ1) is 13.8. The average Bonchev–Trinajstić information content (AvgIpc) is 2.35. The third-order valence-corrected chi connectivity index (χ3v) is 2.83. The summed E-state index contributed by atoms with van der Waals surface area (Å²) < 4.78 is 0. The summed E-state index contributed by atoms with van der Waals surface area (Å²) in [5, 5.41) is 15.5. The van der Waals surface area contributed by atoms with Crippen molar-refractivity contribution in [3.63, 3.8) is 0 Å². The van der Waals surface area contributed by atoms with Crippen LogP contribution in [0.15, 0.2) is 18.5 Å². The highest BCUT2D eigenvalue weighted by atomic mass is 16.3. The molecule has 1 atom stereocenters. The lowest BCUT2D eigenvalue weighted by molar-refractivity contribution is 0.258. The van der Waals surface area contributed by atoms with Gasteiger partial charge in [0.2, 0.25) is 0 Å². The van der Waals surface area contributed by atoms with Gasteiger partial charge < -0.3 is 15.7 Å². The number of aliphatic hydroxyl groups excluding tert-OH is 1. The van der Waals surface area contributed by atoms with Crippen molar-refractivity contribution in [1.29, 1.82) is 0 Å². The maximum Gasteiger partial charge on any atom is 0.0547 e. The van der Waals surface area contributed by atoms with Gasteiger partial charge in [-0.25, -0.2) is 0 Å². The summed E-state index contributed by atoms with van der Waals surface area (Å²) in [4.78, 5) is 4.18. The molecule has 0 amide bonds. The molecule has 1 unspecified atom stereocenters. The van der Waals surface area contributed by atoms with Gasteiger partial charge >= 0.3 is 0 Å². The van der Waals surface area contributed by atoms with E-state index in [1.54, 1.807) is 0 Å².